The average Bonchev–Trinajstić information content (AvgIpc) is 3.73. The minimum atomic E-state index is 0.928. The van der Waals surface area contributed by atoms with E-state index in [0.717, 1.165) is 38.8 Å². The van der Waals surface area contributed by atoms with Gasteiger partial charge in [0, 0.05) is 36.3 Å². The summed E-state index contributed by atoms with van der Waals surface area (Å²) in [5, 5.41) is 12.2. The van der Waals surface area contributed by atoms with Crippen LogP contribution in [0.3, 0.4) is 0 Å². The lowest BCUT2D eigenvalue weighted by Gasteiger charge is -2.18. The summed E-state index contributed by atoms with van der Waals surface area (Å²) in [7, 11) is 0. The molecule has 50 heavy (non-hydrogen) atoms. The number of benzene rings is 7. The zero-order chi connectivity index (χ0) is 33.9. The Labute approximate surface area is 295 Å². The fourth-order valence-electron chi connectivity index (χ4n) is 7.56. The molecule has 7 aromatic carbocycles. The van der Waals surface area contributed by atoms with Crippen LogP contribution < -0.4 is 0 Å². The first kappa shape index (κ1) is 30.1. The molecule has 1 nitrogen and oxygen atoms in total. The molecule has 0 saturated heterocycles. The van der Waals surface area contributed by atoms with Crippen LogP contribution >= 0.6 is 11.3 Å². The number of hydrogen-bond donors (Lipinski definition) is 0. The normalized spacial score (nSPS) is 12.7. The first-order valence-electron chi connectivity index (χ1n) is 17.0. The van der Waals surface area contributed by atoms with Crippen molar-refractivity contribution >= 4 is 91.3 Å². The smallest absolute Gasteiger partial charge is 0.136 e. The van der Waals surface area contributed by atoms with Crippen LogP contribution in [0.25, 0.3) is 91.1 Å². The van der Waals surface area contributed by atoms with Crippen LogP contribution in [0, 0.1) is 0 Å². The van der Waals surface area contributed by atoms with Crippen molar-refractivity contribution in [2.75, 3.05) is 0 Å². The Morgan fingerprint density at radius 3 is 2.06 bits per heavy atom. The average molecular weight is 659 g/mol. The second kappa shape index (κ2) is 11.9. The molecule has 0 bridgehead atoms. The number of thiophene rings is 1. The van der Waals surface area contributed by atoms with Crippen LogP contribution in [-0.2, 0) is 0 Å². The van der Waals surface area contributed by atoms with E-state index in [1.807, 2.05) is 36.5 Å². The Morgan fingerprint density at radius 1 is 0.640 bits per heavy atom. The van der Waals surface area contributed by atoms with E-state index in [-0.39, 0.29) is 0 Å². The highest BCUT2D eigenvalue weighted by Crippen LogP contribution is 2.47. The Morgan fingerprint density at radius 2 is 1.32 bits per heavy atom. The van der Waals surface area contributed by atoms with E-state index in [0.29, 0.717) is 0 Å². The first-order valence-corrected chi connectivity index (χ1v) is 17.8. The Kier molecular flexibility index (Phi) is 7.15. The number of furan rings is 1. The summed E-state index contributed by atoms with van der Waals surface area (Å²) >= 11 is 1.87. The summed E-state index contributed by atoms with van der Waals surface area (Å²) in [5.41, 5.74) is 8.54. The molecule has 0 unspecified atom stereocenters. The van der Waals surface area contributed by atoms with E-state index >= 15 is 0 Å². The quantitative estimate of drug-likeness (QED) is 0.128. The minimum absolute atomic E-state index is 0.928. The molecule has 0 aliphatic heterocycles. The maximum Gasteiger partial charge on any atom is 0.136 e. The first-order chi connectivity index (χ1) is 24.5. The summed E-state index contributed by atoms with van der Waals surface area (Å²) in [6.45, 7) is 13.0. The molecule has 0 atom stereocenters. The van der Waals surface area contributed by atoms with Gasteiger partial charge >= 0.3 is 0 Å². The summed E-state index contributed by atoms with van der Waals surface area (Å²) in [5.74, 6) is 0. The summed E-state index contributed by atoms with van der Waals surface area (Å²) in [6, 6.07) is 41.8. The van der Waals surface area contributed by atoms with Gasteiger partial charge in [-0.25, -0.2) is 0 Å². The molecule has 0 amide bonds. The molecule has 0 radical (unpaired) electrons. The molecule has 238 valence electrons. The van der Waals surface area contributed by atoms with Gasteiger partial charge in [0.1, 0.15) is 11.2 Å². The van der Waals surface area contributed by atoms with Gasteiger partial charge in [-0.3, -0.25) is 0 Å². The largest absolute Gasteiger partial charge is 0.456 e. The van der Waals surface area contributed by atoms with Gasteiger partial charge < -0.3 is 4.42 Å². The molecule has 2 heterocycles. The third-order valence-corrected chi connectivity index (χ3v) is 11.2. The number of allylic oxidation sites excluding steroid dienone is 8. The van der Waals surface area contributed by atoms with Crippen LogP contribution in [0.1, 0.15) is 19.4 Å². The third kappa shape index (κ3) is 4.68. The van der Waals surface area contributed by atoms with E-state index < -0.39 is 0 Å². The van der Waals surface area contributed by atoms with Gasteiger partial charge in [0.05, 0.1) is 0 Å². The number of rotatable bonds is 6. The van der Waals surface area contributed by atoms with E-state index in [2.05, 4.69) is 148 Å². The molecular weight excluding hydrogens is 625 g/mol. The van der Waals surface area contributed by atoms with Crippen molar-refractivity contribution in [3.8, 4) is 11.1 Å². The van der Waals surface area contributed by atoms with Gasteiger partial charge in [-0.15, -0.1) is 11.3 Å². The second-order valence-corrected chi connectivity index (χ2v) is 14.0. The lowest BCUT2D eigenvalue weighted by atomic mass is 9.85. The molecule has 0 aliphatic rings. The minimum Gasteiger partial charge on any atom is -0.456 e. The molecule has 0 aliphatic carbocycles. The molecule has 9 aromatic rings. The lowest BCUT2D eigenvalue weighted by Crippen LogP contribution is -1.92. The number of fused-ring (bicyclic) bond motifs is 11. The highest BCUT2D eigenvalue weighted by Gasteiger charge is 2.19. The predicted octanol–water partition coefficient (Wildman–Crippen LogP) is 14.7. The number of para-hydroxylation sites is 1. The van der Waals surface area contributed by atoms with E-state index in [4.69, 9.17) is 4.42 Å². The maximum atomic E-state index is 6.31. The topological polar surface area (TPSA) is 13.1 Å². The van der Waals surface area contributed by atoms with Crippen molar-refractivity contribution in [2.45, 2.75) is 13.8 Å². The van der Waals surface area contributed by atoms with Crippen LogP contribution in [-0.4, -0.2) is 0 Å². The van der Waals surface area contributed by atoms with Crippen molar-refractivity contribution < 1.29 is 4.42 Å². The van der Waals surface area contributed by atoms with Crippen molar-refractivity contribution in [1.82, 2.24) is 0 Å². The van der Waals surface area contributed by atoms with E-state index in [9.17, 15) is 0 Å². The summed E-state index contributed by atoms with van der Waals surface area (Å²) in [6.07, 6.45) is 10.3. The molecule has 2 heteroatoms. The monoisotopic (exact) mass is 658 g/mol. The summed E-state index contributed by atoms with van der Waals surface area (Å²) < 4.78 is 8.89. The van der Waals surface area contributed by atoms with Crippen molar-refractivity contribution in [1.29, 1.82) is 0 Å². The Bertz CT molecular complexity index is 2920. The van der Waals surface area contributed by atoms with Gasteiger partial charge in [0.2, 0.25) is 0 Å². The van der Waals surface area contributed by atoms with Gasteiger partial charge in [-0.1, -0.05) is 135 Å². The van der Waals surface area contributed by atoms with Gasteiger partial charge in [0.25, 0.3) is 0 Å². The van der Waals surface area contributed by atoms with Crippen molar-refractivity contribution in [2.24, 2.45) is 0 Å². The van der Waals surface area contributed by atoms with E-state index in [1.54, 1.807) is 0 Å². The molecule has 0 saturated carbocycles. The predicted molar refractivity (Wildman–Crippen MR) is 220 cm³/mol. The van der Waals surface area contributed by atoms with Crippen molar-refractivity contribution in [3.63, 3.8) is 0 Å². The summed E-state index contributed by atoms with van der Waals surface area (Å²) in [4.78, 5) is 0. The molecule has 9 rings (SSSR count). The molecular formula is C48H34OS. The van der Waals surface area contributed by atoms with Crippen LogP contribution in [0.2, 0.25) is 0 Å². The van der Waals surface area contributed by atoms with Gasteiger partial charge in [0.15, 0.2) is 0 Å². The zero-order valence-electron chi connectivity index (χ0n) is 28.1. The number of hydrogen-bond acceptors (Lipinski definition) is 2. The Hall–Kier alpha value is -5.96. The molecule has 0 N–H and O–H groups in total. The molecule has 0 fully saturated rings. The second-order valence-electron chi connectivity index (χ2n) is 13.0. The van der Waals surface area contributed by atoms with Crippen LogP contribution in [0.4, 0.5) is 0 Å². The zero-order valence-corrected chi connectivity index (χ0v) is 28.9. The van der Waals surface area contributed by atoms with Crippen LogP contribution in [0.15, 0.2) is 174 Å². The highest BCUT2D eigenvalue weighted by molar-refractivity contribution is 7.26. The fraction of sp³-hybridized carbons (Fsp3) is 0.0417. The SMILES string of the molecule is C=C(/C=C\C(=C)c1c2ccccc2c(-c2ccc3sc4c(ccc5ccc6oc7ccccc7c6c54)c3c2)c2ccccc12)/C(C)=C/C=C\C. The molecule has 0 spiro atoms. The lowest BCUT2D eigenvalue weighted by molar-refractivity contribution is 0.669. The standard InChI is InChI=1S/C48H34OS/c1-5-6-13-29(2)30(3)20-21-31(4)44-34-14-7-9-16-36(34)45(37-17-10-8-15-35(37)44)33-24-27-43-40(28-33)38-25-22-32-23-26-42-47(46(32)48(38)50-43)39-18-11-12-19-41(39)49-42/h5-28H,3-4H2,1-2H3/b6-5-,21-20-,29-13+. The van der Waals surface area contributed by atoms with Crippen molar-refractivity contribution in [3.05, 3.63) is 176 Å². The molecule has 2 aromatic heterocycles. The van der Waals surface area contributed by atoms with Gasteiger partial charge in [-0.2, -0.15) is 0 Å². The van der Waals surface area contributed by atoms with Gasteiger partial charge in [-0.05, 0) is 98.5 Å². The fourth-order valence-corrected chi connectivity index (χ4v) is 8.81. The third-order valence-electron chi connectivity index (χ3n) is 10.0. The Balaban J connectivity index is 1.26. The van der Waals surface area contributed by atoms with Crippen LogP contribution in [0.5, 0.6) is 0 Å². The maximum absolute atomic E-state index is 6.31. The highest BCUT2D eigenvalue weighted by atomic mass is 32.1. The van der Waals surface area contributed by atoms with E-state index in [1.165, 1.54) is 69.0 Å².